The summed E-state index contributed by atoms with van der Waals surface area (Å²) in [7, 11) is 0. The summed E-state index contributed by atoms with van der Waals surface area (Å²) >= 11 is 7.54. The maximum Gasteiger partial charge on any atom is 0.189 e. The second-order valence-corrected chi connectivity index (χ2v) is 6.29. The molecule has 0 spiro atoms. The molecular weight excluding hydrogens is 326 g/mol. The maximum atomic E-state index is 6.02. The third-order valence-electron chi connectivity index (χ3n) is 3.41. The van der Waals surface area contributed by atoms with Gasteiger partial charge in [0.25, 0.3) is 0 Å². The molecule has 5 heteroatoms. The van der Waals surface area contributed by atoms with Gasteiger partial charge in [0.15, 0.2) is 5.16 Å². The first-order valence-corrected chi connectivity index (χ1v) is 8.77. The number of rotatable bonds is 4. The van der Waals surface area contributed by atoms with E-state index in [0.29, 0.717) is 0 Å². The van der Waals surface area contributed by atoms with Gasteiger partial charge in [-0.3, -0.25) is 0 Å². The standard InChI is InChI=1S/C18H16ClN3S/c1-12-10-14(19)8-9-15(12)20-17-11-16(21-18(22-17)23-2)13-6-4-3-5-7-13/h3-11H,1-2H3,(H,20,21,22). The van der Waals surface area contributed by atoms with Gasteiger partial charge in [-0.15, -0.1) is 0 Å². The lowest BCUT2D eigenvalue weighted by Crippen LogP contribution is -1.99. The zero-order valence-electron chi connectivity index (χ0n) is 12.9. The highest BCUT2D eigenvalue weighted by molar-refractivity contribution is 7.98. The first-order chi connectivity index (χ1) is 11.2. The fourth-order valence-electron chi connectivity index (χ4n) is 2.24. The third-order valence-corrected chi connectivity index (χ3v) is 4.19. The first-order valence-electron chi connectivity index (χ1n) is 7.17. The van der Waals surface area contributed by atoms with Crippen molar-refractivity contribution in [2.24, 2.45) is 0 Å². The smallest absolute Gasteiger partial charge is 0.189 e. The minimum atomic E-state index is 0.727. The van der Waals surface area contributed by atoms with E-state index in [0.717, 1.165) is 38.5 Å². The molecule has 1 N–H and O–H groups in total. The minimum Gasteiger partial charge on any atom is -0.340 e. The molecule has 0 amide bonds. The van der Waals surface area contributed by atoms with Gasteiger partial charge in [-0.05, 0) is 36.9 Å². The van der Waals surface area contributed by atoms with Crippen molar-refractivity contribution in [1.29, 1.82) is 0 Å². The molecule has 116 valence electrons. The number of aryl methyl sites for hydroxylation is 1. The van der Waals surface area contributed by atoms with Gasteiger partial charge in [-0.2, -0.15) is 0 Å². The molecule has 3 rings (SSSR count). The van der Waals surface area contributed by atoms with Crippen LogP contribution >= 0.6 is 23.4 Å². The van der Waals surface area contributed by atoms with Crippen LogP contribution in [0.5, 0.6) is 0 Å². The number of nitrogens with zero attached hydrogens (tertiary/aromatic N) is 2. The zero-order chi connectivity index (χ0) is 16.2. The van der Waals surface area contributed by atoms with Gasteiger partial charge in [0.2, 0.25) is 0 Å². The van der Waals surface area contributed by atoms with Gasteiger partial charge in [0.05, 0.1) is 5.69 Å². The SMILES string of the molecule is CSc1nc(Nc2ccc(Cl)cc2C)cc(-c2ccccc2)n1. The van der Waals surface area contributed by atoms with Crippen LogP contribution in [0.4, 0.5) is 11.5 Å². The summed E-state index contributed by atoms with van der Waals surface area (Å²) < 4.78 is 0. The number of halogens is 1. The van der Waals surface area contributed by atoms with E-state index in [-0.39, 0.29) is 0 Å². The summed E-state index contributed by atoms with van der Waals surface area (Å²) in [5.41, 5.74) is 4.03. The molecule has 23 heavy (non-hydrogen) atoms. The minimum absolute atomic E-state index is 0.727. The van der Waals surface area contributed by atoms with Gasteiger partial charge < -0.3 is 5.32 Å². The van der Waals surface area contributed by atoms with Crippen molar-refractivity contribution in [1.82, 2.24) is 9.97 Å². The van der Waals surface area contributed by atoms with E-state index in [1.165, 1.54) is 11.8 Å². The lowest BCUT2D eigenvalue weighted by atomic mass is 10.1. The summed E-state index contributed by atoms with van der Waals surface area (Å²) in [6.07, 6.45) is 1.97. The van der Waals surface area contributed by atoms with E-state index in [1.54, 1.807) is 0 Å². The van der Waals surface area contributed by atoms with Crippen LogP contribution in [-0.4, -0.2) is 16.2 Å². The molecule has 0 radical (unpaired) electrons. The highest BCUT2D eigenvalue weighted by Crippen LogP contribution is 2.27. The molecule has 1 aromatic heterocycles. The first kappa shape index (κ1) is 15.8. The van der Waals surface area contributed by atoms with E-state index in [4.69, 9.17) is 11.6 Å². The van der Waals surface area contributed by atoms with Gasteiger partial charge in [0.1, 0.15) is 5.82 Å². The summed E-state index contributed by atoms with van der Waals surface area (Å²) in [5.74, 6) is 0.772. The fourth-order valence-corrected chi connectivity index (χ4v) is 2.85. The second-order valence-electron chi connectivity index (χ2n) is 5.08. The molecule has 0 bridgehead atoms. The van der Waals surface area contributed by atoms with E-state index in [1.807, 2.05) is 67.8 Å². The predicted molar refractivity (Wildman–Crippen MR) is 98.7 cm³/mol. The topological polar surface area (TPSA) is 37.8 Å². The van der Waals surface area contributed by atoms with Crippen molar-refractivity contribution in [2.75, 3.05) is 11.6 Å². The molecule has 0 aliphatic carbocycles. The highest BCUT2D eigenvalue weighted by Gasteiger charge is 2.08. The maximum absolute atomic E-state index is 6.02. The number of thioether (sulfide) groups is 1. The lowest BCUT2D eigenvalue weighted by molar-refractivity contribution is 0.981. The van der Waals surface area contributed by atoms with Crippen molar-refractivity contribution < 1.29 is 0 Å². The van der Waals surface area contributed by atoms with Crippen LogP contribution < -0.4 is 5.32 Å². The van der Waals surface area contributed by atoms with Crippen molar-refractivity contribution in [3.05, 3.63) is 65.2 Å². The Bertz CT molecular complexity index is 822. The molecular formula is C18H16ClN3S. The van der Waals surface area contributed by atoms with Crippen LogP contribution in [0.25, 0.3) is 11.3 Å². The Morgan fingerprint density at radius 1 is 1.00 bits per heavy atom. The molecule has 0 aliphatic heterocycles. The van der Waals surface area contributed by atoms with Crippen LogP contribution in [0.15, 0.2) is 59.8 Å². The Morgan fingerprint density at radius 3 is 2.48 bits per heavy atom. The number of hydrogen-bond donors (Lipinski definition) is 1. The van der Waals surface area contributed by atoms with Crippen LogP contribution in [0.1, 0.15) is 5.56 Å². The van der Waals surface area contributed by atoms with Crippen LogP contribution in [0.3, 0.4) is 0 Å². The Hall–Kier alpha value is -2.04. The third kappa shape index (κ3) is 3.84. The number of hydrogen-bond acceptors (Lipinski definition) is 4. The van der Waals surface area contributed by atoms with Gasteiger partial charge in [-0.1, -0.05) is 53.7 Å². The number of anilines is 2. The Kier molecular flexibility index (Phi) is 4.84. The molecule has 0 atom stereocenters. The molecule has 2 aromatic carbocycles. The fraction of sp³-hybridized carbons (Fsp3) is 0.111. The molecule has 3 nitrogen and oxygen atoms in total. The van der Waals surface area contributed by atoms with E-state index >= 15 is 0 Å². The Balaban J connectivity index is 1.99. The normalized spacial score (nSPS) is 10.6. The monoisotopic (exact) mass is 341 g/mol. The van der Waals surface area contributed by atoms with Gasteiger partial charge >= 0.3 is 0 Å². The zero-order valence-corrected chi connectivity index (χ0v) is 14.4. The molecule has 0 aliphatic rings. The average molecular weight is 342 g/mol. The van der Waals surface area contributed by atoms with E-state index in [9.17, 15) is 0 Å². The van der Waals surface area contributed by atoms with E-state index in [2.05, 4.69) is 15.3 Å². The predicted octanol–water partition coefficient (Wildman–Crippen LogP) is 5.57. The molecule has 3 aromatic rings. The number of nitrogens with one attached hydrogen (secondary N) is 1. The lowest BCUT2D eigenvalue weighted by Gasteiger charge is -2.11. The molecule has 0 saturated heterocycles. The summed E-state index contributed by atoms with van der Waals surface area (Å²) in [6.45, 7) is 2.02. The molecule has 0 saturated carbocycles. The van der Waals surface area contributed by atoms with Crippen molar-refractivity contribution in [2.45, 2.75) is 12.1 Å². The number of aromatic nitrogens is 2. The second kappa shape index (κ2) is 7.02. The number of benzene rings is 2. The quantitative estimate of drug-likeness (QED) is 0.497. The van der Waals surface area contributed by atoms with Crippen molar-refractivity contribution >= 4 is 34.9 Å². The molecule has 0 fully saturated rings. The highest BCUT2D eigenvalue weighted by atomic mass is 35.5. The average Bonchev–Trinajstić information content (AvgIpc) is 2.58. The van der Waals surface area contributed by atoms with Crippen LogP contribution in [-0.2, 0) is 0 Å². The summed E-state index contributed by atoms with van der Waals surface area (Å²) in [6, 6.07) is 17.8. The molecule has 0 unspecified atom stereocenters. The Labute approximate surface area is 145 Å². The van der Waals surface area contributed by atoms with E-state index < -0.39 is 0 Å². The van der Waals surface area contributed by atoms with Crippen molar-refractivity contribution in [3.8, 4) is 11.3 Å². The van der Waals surface area contributed by atoms with Gasteiger partial charge in [0, 0.05) is 22.3 Å². The van der Waals surface area contributed by atoms with Gasteiger partial charge in [-0.25, -0.2) is 9.97 Å². The Morgan fingerprint density at radius 2 is 1.78 bits per heavy atom. The summed E-state index contributed by atoms with van der Waals surface area (Å²) in [5, 5.41) is 4.83. The van der Waals surface area contributed by atoms with Crippen molar-refractivity contribution in [3.63, 3.8) is 0 Å². The largest absolute Gasteiger partial charge is 0.340 e. The summed E-state index contributed by atoms with van der Waals surface area (Å²) in [4.78, 5) is 9.14. The van der Waals surface area contributed by atoms with Crippen LogP contribution in [0.2, 0.25) is 5.02 Å². The molecule has 1 heterocycles. The van der Waals surface area contributed by atoms with Crippen LogP contribution in [0, 0.1) is 6.92 Å².